The highest BCUT2D eigenvalue weighted by atomic mass is 19.1. The first-order valence-corrected chi connectivity index (χ1v) is 10.0. The van der Waals surface area contributed by atoms with E-state index in [1.54, 1.807) is 17.0 Å². The van der Waals surface area contributed by atoms with E-state index in [4.69, 9.17) is 0 Å². The van der Waals surface area contributed by atoms with Crippen LogP contribution in [0.5, 0.6) is 0 Å². The van der Waals surface area contributed by atoms with Crippen LogP contribution in [0.2, 0.25) is 0 Å². The Bertz CT molecular complexity index is 897. The first kappa shape index (κ1) is 21.6. The van der Waals surface area contributed by atoms with E-state index in [1.807, 2.05) is 49.3 Å². The van der Waals surface area contributed by atoms with Gasteiger partial charge in [-0.1, -0.05) is 42.5 Å². The van der Waals surface area contributed by atoms with Gasteiger partial charge in [-0.05, 0) is 37.4 Å². The first-order chi connectivity index (χ1) is 14.4. The van der Waals surface area contributed by atoms with Crippen molar-refractivity contribution in [3.63, 3.8) is 0 Å². The summed E-state index contributed by atoms with van der Waals surface area (Å²) in [5.41, 5.74) is 2.18. The predicted molar refractivity (Wildman–Crippen MR) is 114 cm³/mol. The monoisotopic (exact) mass is 410 g/mol. The Morgan fingerprint density at radius 3 is 2.37 bits per heavy atom. The van der Waals surface area contributed by atoms with Gasteiger partial charge in [0.15, 0.2) is 0 Å². The summed E-state index contributed by atoms with van der Waals surface area (Å²) in [6.07, 6.45) is 0.584. The van der Waals surface area contributed by atoms with Gasteiger partial charge in [0, 0.05) is 32.5 Å². The smallest absolute Gasteiger partial charge is 0.270 e. The predicted octanol–water partition coefficient (Wildman–Crippen LogP) is 2.89. The lowest BCUT2D eigenvalue weighted by Gasteiger charge is -2.28. The van der Waals surface area contributed by atoms with Crippen LogP contribution in [0, 0.1) is 5.82 Å². The van der Waals surface area contributed by atoms with Crippen LogP contribution in [0.15, 0.2) is 59.7 Å². The fourth-order valence-corrected chi connectivity index (χ4v) is 3.20. The maximum absolute atomic E-state index is 13.3. The standard InChI is InChI=1S/C23H27FN4O2/c1-26(2)14-15-27(16-19-8-10-20(24)11-9-19)23(30)21-12-13-22(29)28(25-21)17-18-6-4-3-5-7-18/h3-11H,12-17H2,1-2H3. The van der Waals surface area contributed by atoms with E-state index in [9.17, 15) is 14.0 Å². The first-order valence-electron chi connectivity index (χ1n) is 10.0. The molecule has 0 fully saturated rings. The number of hydrazone groups is 1. The zero-order chi connectivity index (χ0) is 21.5. The number of amides is 2. The summed E-state index contributed by atoms with van der Waals surface area (Å²) in [7, 11) is 3.89. The molecule has 3 rings (SSSR count). The molecule has 6 nitrogen and oxygen atoms in total. The Labute approximate surface area is 176 Å². The minimum atomic E-state index is -0.309. The maximum atomic E-state index is 13.3. The number of halogens is 1. The fourth-order valence-electron chi connectivity index (χ4n) is 3.20. The van der Waals surface area contributed by atoms with Gasteiger partial charge in [0.05, 0.1) is 6.54 Å². The summed E-state index contributed by atoms with van der Waals surface area (Å²) in [6, 6.07) is 15.7. The van der Waals surface area contributed by atoms with Crippen molar-refractivity contribution in [3.8, 4) is 0 Å². The number of carbonyl (C=O) groups excluding carboxylic acids is 2. The average molecular weight is 410 g/mol. The summed E-state index contributed by atoms with van der Waals surface area (Å²) in [6.45, 7) is 1.90. The molecule has 0 aliphatic carbocycles. The molecule has 0 radical (unpaired) electrons. The normalized spacial score (nSPS) is 14.1. The molecule has 30 heavy (non-hydrogen) atoms. The largest absolute Gasteiger partial charge is 0.332 e. The van der Waals surface area contributed by atoms with Gasteiger partial charge in [0.25, 0.3) is 5.91 Å². The molecule has 2 aromatic carbocycles. The maximum Gasteiger partial charge on any atom is 0.270 e. The third kappa shape index (κ3) is 5.97. The quantitative estimate of drug-likeness (QED) is 0.673. The van der Waals surface area contributed by atoms with Crippen molar-refractivity contribution in [1.82, 2.24) is 14.8 Å². The summed E-state index contributed by atoms with van der Waals surface area (Å²) in [4.78, 5) is 29.3. The molecule has 1 aliphatic heterocycles. The molecule has 158 valence electrons. The zero-order valence-electron chi connectivity index (χ0n) is 17.4. The molecule has 2 amide bonds. The van der Waals surface area contributed by atoms with E-state index < -0.39 is 0 Å². The number of benzene rings is 2. The van der Waals surface area contributed by atoms with E-state index in [0.717, 1.165) is 11.1 Å². The highest BCUT2D eigenvalue weighted by molar-refractivity contribution is 6.39. The third-order valence-electron chi connectivity index (χ3n) is 4.92. The van der Waals surface area contributed by atoms with E-state index in [-0.39, 0.29) is 24.1 Å². The molecule has 1 heterocycles. The number of rotatable bonds is 8. The molecule has 1 aliphatic rings. The van der Waals surface area contributed by atoms with Gasteiger partial charge in [0.1, 0.15) is 11.5 Å². The summed E-state index contributed by atoms with van der Waals surface area (Å²) < 4.78 is 13.2. The van der Waals surface area contributed by atoms with Crippen LogP contribution < -0.4 is 0 Å². The van der Waals surface area contributed by atoms with Gasteiger partial charge in [-0.25, -0.2) is 9.40 Å². The van der Waals surface area contributed by atoms with Gasteiger partial charge in [-0.2, -0.15) is 5.10 Å². The molecule has 0 atom stereocenters. The highest BCUT2D eigenvalue weighted by Gasteiger charge is 2.27. The van der Waals surface area contributed by atoms with Crippen LogP contribution >= 0.6 is 0 Å². The Morgan fingerprint density at radius 2 is 1.70 bits per heavy atom. The van der Waals surface area contributed by atoms with Crippen LogP contribution in [0.25, 0.3) is 0 Å². The van der Waals surface area contributed by atoms with E-state index >= 15 is 0 Å². The topological polar surface area (TPSA) is 56.2 Å². The molecule has 0 saturated heterocycles. The van der Waals surface area contributed by atoms with Crippen molar-refractivity contribution in [1.29, 1.82) is 0 Å². The SMILES string of the molecule is CN(C)CCN(Cc1ccc(F)cc1)C(=O)C1=NN(Cc2ccccc2)C(=O)CC1. The van der Waals surface area contributed by atoms with Gasteiger partial charge >= 0.3 is 0 Å². The summed E-state index contributed by atoms with van der Waals surface area (Å²) in [5, 5.41) is 5.78. The van der Waals surface area contributed by atoms with Crippen molar-refractivity contribution in [3.05, 3.63) is 71.5 Å². The third-order valence-corrected chi connectivity index (χ3v) is 4.92. The lowest BCUT2D eigenvalue weighted by molar-refractivity contribution is -0.132. The molecule has 7 heteroatoms. The number of carbonyl (C=O) groups is 2. The molecular weight excluding hydrogens is 383 g/mol. The van der Waals surface area contributed by atoms with Gasteiger partial charge in [-0.3, -0.25) is 9.59 Å². The van der Waals surface area contributed by atoms with Crippen LogP contribution in [-0.2, 0) is 22.7 Å². The van der Waals surface area contributed by atoms with Crippen molar-refractivity contribution < 1.29 is 14.0 Å². The fraction of sp³-hybridized carbons (Fsp3) is 0.348. The number of nitrogens with zero attached hydrogens (tertiary/aromatic N) is 4. The Kier molecular flexibility index (Phi) is 7.30. The Morgan fingerprint density at radius 1 is 1.00 bits per heavy atom. The van der Waals surface area contributed by atoms with Gasteiger partial charge in [0.2, 0.25) is 5.91 Å². The lowest BCUT2D eigenvalue weighted by Crippen LogP contribution is -2.43. The summed E-state index contributed by atoms with van der Waals surface area (Å²) >= 11 is 0. The van der Waals surface area contributed by atoms with Crippen LogP contribution in [0.3, 0.4) is 0 Å². The summed E-state index contributed by atoms with van der Waals surface area (Å²) in [5.74, 6) is -0.586. The molecule has 2 aromatic rings. The van der Waals surface area contributed by atoms with Crippen LogP contribution in [0.1, 0.15) is 24.0 Å². The molecule has 0 N–H and O–H groups in total. The Balaban J connectivity index is 1.77. The van der Waals surface area contributed by atoms with Crippen molar-refractivity contribution in [2.45, 2.75) is 25.9 Å². The molecule has 0 unspecified atom stereocenters. The molecule has 0 spiro atoms. The van der Waals surface area contributed by atoms with E-state index in [0.29, 0.717) is 38.3 Å². The number of likely N-dealkylation sites (N-methyl/N-ethyl adjacent to an activating group) is 1. The lowest BCUT2D eigenvalue weighted by atomic mass is 10.1. The number of hydrogen-bond donors (Lipinski definition) is 0. The minimum absolute atomic E-state index is 0.0891. The Hall–Kier alpha value is -3.06. The molecule has 0 bridgehead atoms. The van der Waals surface area contributed by atoms with E-state index in [2.05, 4.69) is 5.10 Å². The van der Waals surface area contributed by atoms with Crippen molar-refractivity contribution in [2.24, 2.45) is 5.10 Å². The van der Waals surface area contributed by atoms with Gasteiger partial charge in [-0.15, -0.1) is 0 Å². The minimum Gasteiger partial charge on any atom is -0.332 e. The zero-order valence-corrected chi connectivity index (χ0v) is 17.4. The average Bonchev–Trinajstić information content (AvgIpc) is 2.74. The molecule has 0 aromatic heterocycles. The van der Waals surface area contributed by atoms with Crippen molar-refractivity contribution in [2.75, 3.05) is 27.2 Å². The van der Waals surface area contributed by atoms with Crippen molar-refractivity contribution >= 4 is 17.5 Å². The second-order valence-corrected chi connectivity index (χ2v) is 7.64. The van der Waals surface area contributed by atoms with Gasteiger partial charge < -0.3 is 9.80 Å². The second kappa shape index (κ2) is 10.1. The van der Waals surface area contributed by atoms with Crippen LogP contribution in [0.4, 0.5) is 4.39 Å². The molecular formula is C23H27FN4O2. The highest BCUT2D eigenvalue weighted by Crippen LogP contribution is 2.16. The second-order valence-electron chi connectivity index (χ2n) is 7.64. The van der Waals surface area contributed by atoms with E-state index in [1.165, 1.54) is 17.1 Å². The number of hydrogen-bond acceptors (Lipinski definition) is 4. The molecule has 0 saturated carbocycles. The van der Waals surface area contributed by atoms with Crippen LogP contribution in [-0.4, -0.2) is 59.5 Å².